The maximum atomic E-state index is 12.0. The Kier molecular flexibility index (Phi) is 4.99. The molecule has 5 heteroatoms. The molecule has 0 aliphatic heterocycles. The van der Waals surface area contributed by atoms with Gasteiger partial charge in [0.25, 0.3) is 0 Å². The summed E-state index contributed by atoms with van der Waals surface area (Å²) in [6.45, 7) is 4.38. The topological polar surface area (TPSA) is 42.0 Å². The third-order valence-corrected chi connectivity index (χ3v) is 4.58. The van der Waals surface area contributed by atoms with E-state index in [0.717, 1.165) is 15.6 Å². The lowest BCUT2D eigenvalue weighted by Gasteiger charge is -2.11. The van der Waals surface area contributed by atoms with Crippen LogP contribution in [0.1, 0.15) is 17.6 Å². The predicted molar refractivity (Wildman–Crippen MR) is 80.5 cm³/mol. The van der Waals surface area contributed by atoms with Gasteiger partial charge in [-0.2, -0.15) is 0 Å². The molecule has 100 valence electrons. The fourth-order valence-electron chi connectivity index (χ4n) is 1.55. The maximum absolute atomic E-state index is 12.0. The summed E-state index contributed by atoms with van der Waals surface area (Å²) >= 11 is 3.14. The highest BCUT2D eigenvalue weighted by Crippen LogP contribution is 2.22. The molecule has 0 bridgehead atoms. The van der Waals surface area contributed by atoms with Crippen molar-refractivity contribution in [2.75, 3.05) is 0 Å². The first kappa shape index (κ1) is 14.1. The lowest BCUT2D eigenvalue weighted by molar-refractivity contribution is -0.120. The highest BCUT2D eigenvalue weighted by molar-refractivity contribution is 8.00. The second-order valence-corrected chi connectivity index (χ2v) is 6.53. The summed E-state index contributed by atoms with van der Waals surface area (Å²) < 4.78 is 0. The molecule has 1 heterocycles. The number of nitrogens with one attached hydrogen (secondary N) is 1. The van der Waals surface area contributed by atoms with Crippen LogP contribution >= 0.6 is 23.1 Å². The minimum atomic E-state index is -0.108. The standard InChI is InChI=1S/C14H16N2OS2/c1-10-9-18-13(16-10)8-15-14(17)11(2)19-12-6-4-3-5-7-12/h3-7,9,11H,8H2,1-2H3,(H,15,17). The SMILES string of the molecule is Cc1csc(CNC(=O)C(C)Sc2ccccc2)n1. The van der Waals surface area contributed by atoms with E-state index in [1.807, 2.05) is 49.6 Å². The van der Waals surface area contributed by atoms with E-state index in [1.165, 1.54) is 0 Å². The third-order valence-electron chi connectivity index (χ3n) is 2.51. The molecule has 0 aliphatic carbocycles. The van der Waals surface area contributed by atoms with E-state index in [0.29, 0.717) is 6.54 Å². The molecule has 1 unspecified atom stereocenters. The zero-order chi connectivity index (χ0) is 13.7. The van der Waals surface area contributed by atoms with Crippen molar-refractivity contribution in [3.05, 3.63) is 46.4 Å². The van der Waals surface area contributed by atoms with Crippen LogP contribution in [0.15, 0.2) is 40.6 Å². The number of thioether (sulfide) groups is 1. The van der Waals surface area contributed by atoms with Gasteiger partial charge in [-0.1, -0.05) is 18.2 Å². The lowest BCUT2D eigenvalue weighted by Crippen LogP contribution is -2.30. The monoisotopic (exact) mass is 292 g/mol. The smallest absolute Gasteiger partial charge is 0.233 e. The lowest BCUT2D eigenvalue weighted by atomic mass is 10.4. The number of carbonyl (C=O) groups is 1. The second kappa shape index (κ2) is 6.73. The molecule has 0 fully saturated rings. The van der Waals surface area contributed by atoms with Crippen molar-refractivity contribution in [3.63, 3.8) is 0 Å². The van der Waals surface area contributed by atoms with Gasteiger partial charge in [-0.25, -0.2) is 4.98 Å². The average Bonchev–Trinajstić information content (AvgIpc) is 2.83. The molecule has 1 amide bonds. The summed E-state index contributed by atoms with van der Waals surface area (Å²) in [5.74, 6) is 0.0432. The Morgan fingerprint density at radius 3 is 2.79 bits per heavy atom. The van der Waals surface area contributed by atoms with Crippen LogP contribution in [-0.4, -0.2) is 16.1 Å². The fraction of sp³-hybridized carbons (Fsp3) is 0.286. The quantitative estimate of drug-likeness (QED) is 0.860. The molecule has 2 aromatic rings. The van der Waals surface area contributed by atoms with Gasteiger partial charge >= 0.3 is 0 Å². The van der Waals surface area contributed by atoms with Crippen LogP contribution in [0.25, 0.3) is 0 Å². The van der Waals surface area contributed by atoms with Crippen LogP contribution in [0.3, 0.4) is 0 Å². The minimum Gasteiger partial charge on any atom is -0.349 e. The van der Waals surface area contributed by atoms with Gasteiger partial charge in [0.1, 0.15) is 5.01 Å². The number of hydrogen-bond acceptors (Lipinski definition) is 4. The first-order valence-electron chi connectivity index (χ1n) is 6.05. The highest BCUT2D eigenvalue weighted by Gasteiger charge is 2.14. The molecular formula is C14H16N2OS2. The van der Waals surface area contributed by atoms with E-state index in [-0.39, 0.29) is 11.2 Å². The van der Waals surface area contributed by atoms with Crippen molar-refractivity contribution < 1.29 is 4.79 Å². The Hall–Kier alpha value is -1.33. The Balaban J connectivity index is 1.82. The molecule has 0 spiro atoms. The van der Waals surface area contributed by atoms with Crippen molar-refractivity contribution in [1.82, 2.24) is 10.3 Å². The largest absolute Gasteiger partial charge is 0.349 e. The number of rotatable bonds is 5. The number of aromatic nitrogens is 1. The predicted octanol–water partition coefficient (Wildman–Crippen LogP) is 3.25. The third kappa shape index (κ3) is 4.36. The molecule has 1 atom stereocenters. The summed E-state index contributed by atoms with van der Waals surface area (Å²) in [4.78, 5) is 17.4. The molecular weight excluding hydrogens is 276 g/mol. The van der Waals surface area contributed by atoms with Crippen LogP contribution in [0.2, 0.25) is 0 Å². The Labute approximate surface area is 121 Å². The van der Waals surface area contributed by atoms with Crippen molar-refractivity contribution in [2.45, 2.75) is 30.5 Å². The number of thiazole rings is 1. The summed E-state index contributed by atoms with van der Waals surface area (Å²) in [5.41, 5.74) is 1.00. The van der Waals surface area contributed by atoms with Crippen molar-refractivity contribution in [2.24, 2.45) is 0 Å². The highest BCUT2D eigenvalue weighted by atomic mass is 32.2. The van der Waals surface area contributed by atoms with Gasteiger partial charge in [0.05, 0.1) is 11.8 Å². The van der Waals surface area contributed by atoms with Gasteiger partial charge in [0.2, 0.25) is 5.91 Å². The van der Waals surface area contributed by atoms with Crippen LogP contribution in [0, 0.1) is 6.92 Å². The van der Waals surface area contributed by atoms with E-state index >= 15 is 0 Å². The Bertz CT molecular complexity index is 539. The van der Waals surface area contributed by atoms with Crippen molar-refractivity contribution >= 4 is 29.0 Å². The van der Waals surface area contributed by atoms with E-state index in [1.54, 1.807) is 23.1 Å². The van der Waals surface area contributed by atoms with Gasteiger partial charge in [0.15, 0.2) is 0 Å². The molecule has 0 saturated carbocycles. The molecule has 1 aromatic carbocycles. The maximum Gasteiger partial charge on any atom is 0.233 e. The normalized spacial score (nSPS) is 12.1. The number of aryl methyl sites for hydroxylation is 1. The summed E-state index contributed by atoms with van der Waals surface area (Å²) in [5, 5.41) is 5.75. The van der Waals surface area contributed by atoms with Crippen LogP contribution in [0.5, 0.6) is 0 Å². The Morgan fingerprint density at radius 1 is 1.42 bits per heavy atom. The van der Waals surface area contributed by atoms with Gasteiger partial charge in [-0.05, 0) is 26.0 Å². The van der Waals surface area contributed by atoms with E-state index in [4.69, 9.17) is 0 Å². The molecule has 0 aliphatic rings. The molecule has 0 radical (unpaired) electrons. The Morgan fingerprint density at radius 2 is 2.16 bits per heavy atom. The van der Waals surface area contributed by atoms with Crippen molar-refractivity contribution in [1.29, 1.82) is 0 Å². The molecule has 19 heavy (non-hydrogen) atoms. The molecule has 1 N–H and O–H groups in total. The molecule has 2 rings (SSSR count). The zero-order valence-electron chi connectivity index (χ0n) is 10.9. The second-order valence-electron chi connectivity index (χ2n) is 4.17. The average molecular weight is 292 g/mol. The summed E-state index contributed by atoms with van der Waals surface area (Å²) in [7, 11) is 0. The number of benzene rings is 1. The van der Waals surface area contributed by atoms with E-state index in [9.17, 15) is 4.79 Å². The van der Waals surface area contributed by atoms with E-state index in [2.05, 4.69) is 10.3 Å². The zero-order valence-corrected chi connectivity index (χ0v) is 12.6. The van der Waals surface area contributed by atoms with Gasteiger partial charge in [-0.15, -0.1) is 23.1 Å². The minimum absolute atomic E-state index is 0.0432. The fourth-order valence-corrected chi connectivity index (χ4v) is 3.17. The first-order chi connectivity index (χ1) is 9.15. The number of amides is 1. The molecule has 3 nitrogen and oxygen atoms in total. The van der Waals surface area contributed by atoms with E-state index < -0.39 is 0 Å². The summed E-state index contributed by atoms with van der Waals surface area (Å²) in [6, 6.07) is 9.95. The van der Waals surface area contributed by atoms with Crippen molar-refractivity contribution in [3.8, 4) is 0 Å². The molecule has 0 saturated heterocycles. The first-order valence-corrected chi connectivity index (χ1v) is 7.81. The van der Waals surface area contributed by atoms with Gasteiger partial charge in [-0.3, -0.25) is 4.79 Å². The molecule has 1 aromatic heterocycles. The van der Waals surface area contributed by atoms with Crippen LogP contribution < -0.4 is 5.32 Å². The number of hydrogen-bond donors (Lipinski definition) is 1. The van der Waals surface area contributed by atoms with Gasteiger partial charge in [0, 0.05) is 16.0 Å². The number of nitrogens with zero attached hydrogens (tertiary/aromatic N) is 1. The van der Waals surface area contributed by atoms with Crippen LogP contribution in [0.4, 0.5) is 0 Å². The van der Waals surface area contributed by atoms with Gasteiger partial charge < -0.3 is 5.32 Å². The van der Waals surface area contributed by atoms with Crippen LogP contribution in [-0.2, 0) is 11.3 Å². The number of carbonyl (C=O) groups excluding carboxylic acids is 1. The summed E-state index contributed by atoms with van der Waals surface area (Å²) in [6.07, 6.45) is 0.